The molecule has 1 unspecified atom stereocenters. The SMILES string of the molecule is CC(NCC#N)C(C)(C)C. The van der Waals surface area contributed by atoms with Gasteiger partial charge in [0, 0.05) is 6.04 Å². The Bertz CT molecular complexity index is 127. The van der Waals surface area contributed by atoms with Crippen LogP contribution in [0.3, 0.4) is 0 Å². The first-order valence-corrected chi connectivity index (χ1v) is 3.59. The zero-order chi connectivity index (χ0) is 8.20. The first kappa shape index (κ1) is 9.45. The zero-order valence-corrected chi connectivity index (χ0v) is 7.23. The molecule has 0 radical (unpaired) electrons. The highest BCUT2D eigenvalue weighted by Crippen LogP contribution is 2.17. The van der Waals surface area contributed by atoms with Gasteiger partial charge in [0.1, 0.15) is 0 Å². The molecule has 0 aromatic carbocycles. The average molecular weight is 140 g/mol. The van der Waals surface area contributed by atoms with Crippen LogP contribution in [-0.2, 0) is 0 Å². The van der Waals surface area contributed by atoms with E-state index >= 15 is 0 Å². The minimum absolute atomic E-state index is 0.247. The molecule has 0 bridgehead atoms. The molecule has 1 atom stereocenters. The van der Waals surface area contributed by atoms with Crippen LogP contribution in [-0.4, -0.2) is 12.6 Å². The summed E-state index contributed by atoms with van der Waals surface area (Å²) < 4.78 is 0. The van der Waals surface area contributed by atoms with Crippen molar-refractivity contribution in [3.8, 4) is 6.07 Å². The second kappa shape index (κ2) is 3.58. The molecule has 0 aliphatic heterocycles. The lowest BCUT2D eigenvalue weighted by Crippen LogP contribution is -2.37. The number of nitrogens with one attached hydrogen (secondary N) is 1. The van der Waals surface area contributed by atoms with E-state index in [4.69, 9.17) is 5.26 Å². The summed E-state index contributed by atoms with van der Waals surface area (Å²) in [5.74, 6) is 0. The topological polar surface area (TPSA) is 35.8 Å². The maximum Gasteiger partial charge on any atom is 0.0843 e. The van der Waals surface area contributed by atoms with Crippen LogP contribution >= 0.6 is 0 Å². The van der Waals surface area contributed by atoms with Crippen LogP contribution in [0, 0.1) is 16.7 Å². The van der Waals surface area contributed by atoms with Gasteiger partial charge in [-0.15, -0.1) is 0 Å². The lowest BCUT2D eigenvalue weighted by Gasteiger charge is -2.27. The first-order valence-electron chi connectivity index (χ1n) is 3.59. The number of rotatable bonds is 2. The summed E-state index contributed by atoms with van der Waals surface area (Å²) in [6.07, 6.45) is 0. The smallest absolute Gasteiger partial charge is 0.0843 e. The fourth-order valence-corrected chi connectivity index (χ4v) is 0.505. The molecule has 0 aliphatic carbocycles. The summed E-state index contributed by atoms with van der Waals surface area (Å²) in [5.41, 5.74) is 0.247. The van der Waals surface area contributed by atoms with Crippen molar-refractivity contribution in [2.75, 3.05) is 6.54 Å². The Labute approximate surface area is 63.2 Å². The largest absolute Gasteiger partial charge is 0.301 e. The second-order valence-corrected chi connectivity index (χ2v) is 3.63. The summed E-state index contributed by atoms with van der Waals surface area (Å²) in [7, 11) is 0. The lowest BCUT2D eigenvalue weighted by atomic mass is 9.88. The van der Waals surface area contributed by atoms with Gasteiger partial charge in [0.05, 0.1) is 12.6 Å². The van der Waals surface area contributed by atoms with Gasteiger partial charge in [-0.25, -0.2) is 0 Å². The fourth-order valence-electron chi connectivity index (χ4n) is 0.505. The normalized spacial score (nSPS) is 14.3. The molecule has 0 saturated carbocycles. The van der Waals surface area contributed by atoms with Crippen molar-refractivity contribution in [1.82, 2.24) is 5.32 Å². The third kappa shape index (κ3) is 3.47. The van der Waals surface area contributed by atoms with Crippen LogP contribution in [0.4, 0.5) is 0 Å². The lowest BCUT2D eigenvalue weighted by molar-refractivity contribution is 0.295. The molecule has 0 heterocycles. The van der Waals surface area contributed by atoms with Crippen molar-refractivity contribution in [2.45, 2.75) is 33.7 Å². The van der Waals surface area contributed by atoms with Crippen molar-refractivity contribution in [3.05, 3.63) is 0 Å². The molecule has 1 N–H and O–H groups in total. The van der Waals surface area contributed by atoms with E-state index in [-0.39, 0.29) is 5.41 Å². The number of hydrogen-bond acceptors (Lipinski definition) is 2. The third-order valence-corrected chi connectivity index (χ3v) is 1.79. The molecular weight excluding hydrogens is 124 g/mol. The Balaban J connectivity index is 3.65. The van der Waals surface area contributed by atoms with Crippen molar-refractivity contribution < 1.29 is 0 Å². The molecule has 0 spiro atoms. The Hall–Kier alpha value is -0.550. The molecule has 58 valence electrons. The summed E-state index contributed by atoms with van der Waals surface area (Å²) in [6, 6.07) is 2.46. The zero-order valence-electron chi connectivity index (χ0n) is 7.23. The first-order chi connectivity index (χ1) is 4.48. The van der Waals surface area contributed by atoms with E-state index in [1.54, 1.807) is 0 Å². The highest BCUT2D eigenvalue weighted by atomic mass is 14.9. The van der Waals surface area contributed by atoms with Crippen molar-refractivity contribution >= 4 is 0 Å². The quantitative estimate of drug-likeness (QED) is 0.590. The molecular formula is C8H16N2. The highest BCUT2D eigenvalue weighted by molar-refractivity contribution is 4.81. The standard InChI is InChI=1S/C8H16N2/c1-7(8(2,3)4)10-6-5-9/h7,10H,6H2,1-4H3. The summed E-state index contributed by atoms with van der Waals surface area (Å²) in [5, 5.41) is 11.4. The molecule has 10 heavy (non-hydrogen) atoms. The minimum Gasteiger partial charge on any atom is -0.301 e. The predicted octanol–water partition coefficient (Wildman–Crippen LogP) is 1.53. The molecule has 0 aromatic rings. The molecule has 0 amide bonds. The van der Waals surface area contributed by atoms with Gasteiger partial charge in [0.2, 0.25) is 0 Å². The second-order valence-electron chi connectivity index (χ2n) is 3.63. The van der Waals surface area contributed by atoms with Crippen LogP contribution in [0.1, 0.15) is 27.7 Å². The van der Waals surface area contributed by atoms with Crippen molar-refractivity contribution in [3.63, 3.8) is 0 Å². The van der Waals surface area contributed by atoms with Gasteiger partial charge in [0.15, 0.2) is 0 Å². The van der Waals surface area contributed by atoms with Crippen molar-refractivity contribution in [2.24, 2.45) is 5.41 Å². The maximum absolute atomic E-state index is 8.27. The van der Waals surface area contributed by atoms with Gasteiger partial charge in [-0.1, -0.05) is 20.8 Å². The Morgan fingerprint density at radius 2 is 2.00 bits per heavy atom. The molecule has 0 aromatic heterocycles. The monoisotopic (exact) mass is 140 g/mol. The highest BCUT2D eigenvalue weighted by Gasteiger charge is 2.18. The minimum atomic E-state index is 0.247. The van der Waals surface area contributed by atoms with E-state index < -0.39 is 0 Å². The summed E-state index contributed by atoms with van der Waals surface area (Å²) in [6.45, 7) is 9.00. The maximum atomic E-state index is 8.27. The van der Waals surface area contributed by atoms with Crippen LogP contribution < -0.4 is 5.32 Å². The molecule has 2 heteroatoms. The van der Waals surface area contributed by atoms with E-state index in [0.29, 0.717) is 12.6 Å². The molecule has 0 fully saturated rings. The fraction of sp³-hybridized carbons (Fsp3) is 0.875. The van der Waals surface area contributed by atoms with Gasteiger partial charge in [-0.2, -0.15) is 5.26 Å². The van der Waals surface area contributed by atoms with Crippen LogP contribution in [0.15, 0.2) is 0 Å². The van der Waals surface area contributed by atoms with Crippen LogP contribution in [0.25, 0.3) is 0 Å². The number of nitriles is 1. The summed E-state index contributed by atoms with van der Waals surface area (Å²) in [4.78, 5) is 0. The Morgan fingerprint density at radius 1 is 1.50 bits per heavy atom. The van der Waals surface area contributed by atoms with Crippen molar-refractivity contribution in [1.29, 1.82) is 5.26 Å². The van der Waals surface area contributed by atoms with Gasteiger partial charge in [0.25, 0.3) is 0 Å². The molecule has 0 aliphatic rings. The van der Waals surface area contributed by atoms with Crippen LogP contribution in [0.2, 0.25) is 0 Å². The van der Waals surface area contributed by atoms with Gasteiger partial charge < -0.3 is 5.32 Å². The Kier molecular flexibility index (Phi) is 3.38. The summed E-state index contributed by atoms with van der Waals surface area (Å²) >= 11 is 0. The van der Waals surface area contributed by atoms with Gasteiger partial charge >= 0.3 is 0 Å². The van der Waals surface area contributed by atoms with Gasteiger partial charge in [-0.05, 0) is 12.3 Å². The van der Waals surface area contributed by atoms with E-state index in [1.807, 2.05) is 0 Å². The van der Waals surface area contributed by atoms with E-state index in [2.05, 4.69) is 39.1 Å². The Morgan fingerprint density at radius 3 is 2.30 bits per heavy atom. The van der Waals surface area contributed by atoms with E-state index in [9.17, 15) is 0 Å². The van der Waals surface area contributed by atoms with E-state index in [0.717, 1.165) is 0 Å². The third-order valence-electron chi connectivity index (χ3n) is 1.79. The van der Waals surface area contributed by atoms with Gasteiger partial charge in [-0.3, -0.25) is 0 Å². The predicted molar refractivity (Wildman–Crippen MR) is 42.5 cm³/mol. The molecule has 0 rings (SSSR count). The van der Waals surface area contributed by atoms with Crippen LogP contribution in [0.5, 0.6) is 0 Å². The molecule has 0 saturated heterocycles. The van der Waals surface area contributed by atoms with E-state index in [1.165, 1.54) is 0 Å². The number of nitrogens with zero attached hydrogens (tertiary/aromatic N) is 1. The molecule has 2 nitrogen and oxygen atoms in total. The average Bonchev–Trinajstić information content (AvgIpc) is 1.80. The number of hydrogen-bond donors (Lipinski definition) is 1.